The third-order valence-electron chi connectivity index (χ3n) is 5.73. The highest BCUT2D eigenvalue weighted by Gasteiger charge is 2.36. The summed E-state index contributed by atoms with van der Waals surface area (Å²) in [4.78, 5) is 30.2. The van der Waals surface area contributed by atoms with Gasteiger partial charge in [0.15, 0.2) is 5.78 Å². The van der Waals surface area contributed by atoms with E-state index in [0.717, 1.165) is 12.0 Å². The molecule has 2 unspecified atom stereocenters. The van der Waals surface area contributed by atoms with Crippen LogP contribution in [-0.4, -0.2) is 47.4 Å². The molecule has 188 valence electrons. The molecule has 1 aromatic rings. The van der Waals surface area contributed by atoms with Gasteiger partial charge in [-0.2, -0.15) is 0 Å². The van der Waals surface area contributed by atoms with Crippen molar-refractivity contribution in [1.29, 1.82) is 0 Å². The molecule has 0 fully saturated rings. The molecule has 1 aromatic carbocycles. The van der Waals surface area contributed by atoms with Crippen LogP contribution in [0, 0.1) is 11.3 Å². The molecular weight excluding hydrogens is 428 g/mol. The van der Waals surface area contributed by atoms with Gasteiger partial charge in [-0.15, -0.1) is 5.73 Å². The minimum absolute atomic E-state index is 0.0262. The average molecular weight is 471 g/mol. The van der Waals surface area contributed by atoms with Gasteiger partial charge in [-0.25, -0.2) is 4.99 Å². The molecule has 0 saturated carbocycles. The molecule has 1 rings (SSSR count). The van der Waals surface area contributed by atoms with E-state index in [9.17, 15) is 14.7 Å². The fraction of sp³-hybridized carbons (Fsp3) is 0.571. The van der Waals surface area contributed by atoms with Crippen LogP contribution in [0.2, 0.25) is 0 Å². The first-order valence-corrected chi connectivity index (χ1v) is 11.9. The molecule has 0 radical (unpaired) electrons. The van der Waals surface area contributed by atoms with Crippen molar-refractivity contribution in [2.75, 3.05) is 13.2 Å². The standard InChI is InChI=1S/C28H42N2O4/c1-9-22(19-29-26(33)20(3)31)30-24(18-21-14-12-11-13-15-21)25(32)23(10-2)28(7,8)16-17-34-27(4,5)6/h11-15,20,23,31H,1,10,16-19H2,2-8H3,(H,29,33)/b30-24+. The van der Waals surface area contributed by atoms with Crippen LogP contribution in [-0.2, 0) is 20.7 Å². The van der Waals surface area contributed by atoms with Gasteiger partial charge >= 0.3 is 0 Å². The van der Waals surface area contributed by atoms with Crippen LogP contribution in [0.3, 0.4) is 0 Å². The van der Waals surface area contributed by atoms with Gasteiger partial charge in [0.1, 0.15) is 11.8 Å². The number of ether oxygens (including phenoxy) is 1. The van der Waals surface area contributed by atoms with Crippen LogP contribution < -0.4 is 5.32 Å². The Bertz CT molecular complexity index is 889. The van der Waals surface area contributed by atoms with Crippen molar-refractivity contribution in [2.45, 2.75) is 79.4 Å². The van der Waals surface area contributed by atoms with E-state index in [4.69, 9.17) is 4.74 Å². The molecule has 0 saturated heterocycles. The number of ketones is 1. The molecular formula is C28H42N2O4. The Hall–Kier alpha value is -2.53. The largest absolute Gasteiger partial charge is 0.384 e. The quantitative estimate of drug-likeness (QED) is 0.324. The Labute approximate surface area is 205 Å². The molecule has 34 heavy (non-hydrogen) atoms. The Morgan fingerprint density at radius 3 is 2.29 bits per heavy atom. The molecule has 1 amide bonds. The molecule has 0 spiro atoms. The Balaban J connectivity index is 3.22. The lowest BCUT2D eigenvalue weighted by Gasteiger charge is -2.34. The molecule has 0 aliphatic carbocycles. The van der Waals surface area contributed by atoms with Crippen LogP contribution in [0.1, 0.15) is 66.9 Å². The van der Waals surface area contributed by atoms with E-state index in [2.05, 4.69) is 36.5 Å². The van der Waals surface area contributed by atoms with Crippen LogP contribution in [0.5, 0.6) is 0 Å². The number of amides is 1. The number of benzene rings is 1. The number of carbonyl (C=O) groups is 2. The number of Topliss-reactive ketones (excluding diaryl/α,β-unsaturated/α-hetero) is 1. The maximum atomic E-state index is 13.8. The lowest BCUT2D eigenvalue weighted by atomic mass is 9.71. The first-order valence-electron chi connectivity index (χ1n) is 11.9. The van der Waals surface area contributed by atoms with Crippen molar-refractivity contribution < 1.29 is 19.4 Å². The van der Waals surface area contributed by atoms with E-state index >= 15 is 0 Å². The van der Waals surface area contributed by atoms with Crippen LogP contribution in [0.25, 0.3) is 0 Å². The summed E-state index contributed by atoms with van der Waals surface area (Å²) in [7, 11) is 0. The second-order valence-electron chi connectivity index (χ2n) is 10.3. The van der Waals surface area contributed by atoms with E-state index in [0.29, 0.717) is 30.9 Å². The van der Waals surface area contributed by atoms with Gasteiger partial charge in [0, 0.05) is 18.9 Å². The fourth-order valence-corrected chi connectivity index (χ4v) is 3.68. The third-order valence-corrected chi connectivity index (χ3v) is 5.73. The van der Waals surface area contributed by atoms with Gasteiger partial charge in [-0.3, -0.25) is 9.59 Å². The predicted octanol–water partition coefficient (Wildman–Crippen LogP) is 4.66. The zero-order valence-electron chi connectivity index (χ0n) is 21.9. The number of nitrogens with one attached hydrogen (secondary N) is 1. The zero-order valence-corrected chi connectivity index (χ0v) is 21.9. The molecule has 0 bridgehead atoms. The monoisotopic (exact) mass is 470 g/mol. The summed E-state index contributed by atoms with van der Waals surface area (Å²) >= 11 is 0. The van der Waals surface area contributed by atoms with Crippen molar-refractivity contribution in [3.8, 4) is 0 Å². The highest BCUT2D eigenvalue weighted by atomic mass is 16.5. The summed E-state index contributed by atoms with van der Waals surface area (Å²) in [5, 5.41) is 12.0. The molecule has 0 heterocycles. The Kier molecular flexibility index (Phi) is 11.6. The van der Waals surface area contributed by atoms with Crippen molar-refractivity contribution in [3.63, 3.8) is 0 Å². The number of hydrogen-bond donors (Lipinski definition) is 2. The van der Waals surface area contributed by atoms with Crippen LogP contribution >= 0.6 is 0 Å². The van der Waals surface area contributed by atoms with Crippen LogP contribution in [0.15, 0.2) is 53.3 Å². The molecule has 6 nitrogen and oxygen atoms in total. The maximum Gasteiger partial charge on any atom is 0.248 e. The van der Waals surface area contributed by atoms with Crippen molar-refractivity contribution in [1.82, 2.24) is 5.32 Å². The van der Waals surface area contributed by atoms with E-state index in [1.54, 1.807) is 0 Å². The maximum absolute atomic E-state index is 13.8. The van der Waals surface area contributed by atoms with Crippen molar-refractivity contribution >= 4 is 17.4 Å². The second kappa shape index (κ2) is 13.4. The molecule has 2 N–H and O–H groups in total. The Morgan fingerprint density at radius 1 is 1.18 bits per heavy atom. The smallest absolute Gasteiger partial charge is 0.248 e. The SMILES string of the molecule is C=C=C(CNC(=O)C(C)O)/N=C(\Cc1ccccc1)C(=O)C(CC)C(C)(C)CCOC(C)(C)C. The number of hydrogen-bond acceptors (Lipinski definition) is 5. The third kappa shape index (κ3) is 10.2. The van der Waals surface area contributed by atoms with Crippen LogP contribution in [0.4, 0.5) is 0 Å². The predicted molar refractivity (Wildman–Crippen MR) is 138 cm³/mol. The number of aliphatic imine (C=N–C) groups is 1. The molecule has 0 aliphatic heterocycles. The van der Waals surface area contributed by atoms with Gasteiger partial charge in [0.2, 0.25) is 5.91 Å². The van der Waals surface area contributed by atoms with Gasteiger partial charge in [0.05, 0.1) is 17.9 Å². The molecule has 0 aromatic heterocycles. The highest BCUT2D eigenvalue weighted by Crippen LogP contribution is 2.35. The number of aliphatic hydroxyl groups excluding tert-OH is 1. The summed E-state index contributed by atoms with van der Waals surface area (Å²) in [6.45, 7) is 17.9. The lowest BCUT2D eigenvalue weighted by Crippen LogP contribution is -2.38. The lowest BCUT2D eigenvalue weighted by molar-refractivity contribution is -0.128. The van der Waals surface area contributed by atoms with Gasteiger partial charge in [-0.1, -0.05) is 57.7 Å². The number of rotatable bonds is 13. The summed E-state index contributed by atoms with van der Waals surface area (Å²) in [6, 6.07) is 9.69. The first kappa shape index (κ1) is 29.5. The minimum Gasteiger partial charge on any atom is -0.384 e. The molecule has 2 atom stereocenters. The highest BCUT2D eigenvalue weighted by molar-refractivity contribution is 6.41. The molecule has 6 heteroatoms. The number of nitrogens with zero attached hydrogens (tertiary/aromatic N) is 1. The second-order valence-corrected chi connectivity index (χ2v) is 10.3. The van der Waals surface area contributed by atoms with Gasteiger partial charge in [0.25, 0.3) is 0 Å². The first-order chi connectivity index (χ1) is 15.8. The summed E-state index contributed by atoms with van der Waals surface area (Å²) < 4.78 is 5.93. The van der Waals surface area contributed by atoms with E-state index in [-0.39, 0.29) is 29.3 Å². The summed E-state index contributed by atoms with van der Waals surface area (Å²) in [5.41, 5.74) is 3.91. The normalized spacial score (nSPS) is 14.2. The topological polar surface area (TPSA) is 88.0 Å². The number of aliphatic hydroxyl groups is 1. The fourth-order valence-electron chi connectivity index (χ4n) is 3.68. The van der Waals surface area contributed by atoms with Gasteiger partial charge in [-0.05, 0) is 51.5 Å². The van der Waals surface area contributed by atoms with Gasteiger partial charge < -0.3 is 15.2 Å². The number of carbonyl (C=O) groups excluding carboxylic acids is 2. The zero-order chi connectivity index (χ0) is 25.9. The minimum atomic E-state index is -1.14. The van der Waals surface area contributed by atoms with E-state index < -0.39 is 12.0 Å². The summed E-state index contributed by atoms with van der Waals surface area (Å²) in [6.07, 6.45) is 0.629. The van der Waals surface area contributed by atoms with Crippen molar-refractivity contribution in [3.05, 3.63) is 53.9 Å². The van der Waals surface area contributed by atoms with Crippen molar-refractivity contribution in [2.24, 2.45) is 16.3 Å². The van der Waals surface area contributed by atoms with E-state index in [1.165, 1.54) is 6.92 Å². The average Bonchev–Trinajstić information content (AvgIpc) is 2.75. The molecule has 0 aliphatic rings. The van der Waals surface area contributed by atoms with E-state index in [1.807, 2.05) is 58.0 Å². The summed E-state index contributed by atoms with van der Waals surface area (Å²) in [5.74, 6) is -0.802. The Morgan fingerprint density at radius 2 is 1.79 bits per heavy atom.